The van der Waals surface area contributed by atoms with Crippen molar-refractivity contribution in [3.05, 3.63) is 70.0 Å². The fourth-order valence-corrected chi connectivity index (χ4v) is 3.54. The number of rotatable bonds is 6. The topological polar surface area (TPSA) is 75.0 Å². The molecule has 0 bridgehead atoms. The van der Waals surface area contributed by atoms with Crippen molar-refractivity contribution in [3.63, 3.8) is 0 Å². The Balaban J connectivity index is 1.40. The van der Waals surface area contributed by atoms with Gasteiger partial charge in [-0.1, -0.05) is 40.5 Å². The molecule has 0 fully saturated rings. The quantitative estimate of drug-likeness (QED) is 0.487. The molecule has 2 heterocycles. The van der Waals surface area contributed by atoms with Crippen LogP contribution in [0.4, 0.5) is 0 Å². The van der Waals surface area contributed by atoms with E-state index >= 15 is 0 Å². The number of amides is 1. The zero-order valence-electron chi connectivity index (χ0n) is 17.2. The second-order valence-corrected chi connectivity index (χ2v) is 7.99. The van der Waals surface area contributed by atoms with Crippen molar-refractivity contribution >= 4 is 28.4 Å². The number of aromatic nitrogens is 3. The Hall–Kier alpha value is -3.12. The summed E-state index contributed by atoms with van der Waals surface area (Å²) in [5, 5.41) is 5.90. The SMILES string of the molecule is Cc1ccc2[nH]c(-c3nc(CCN(C)C(=O)Cc4ccc(Cl)cc4)no3)c(C)c2c1. The van der Waals surface area contributed by atoms with Gasteiger partial charge in [0.2, 0.25) is 5.91 Å². The Morgan fingerprint density at radius 1 is 1.17 bits per heavy atom. The third-order valence-corrected chi connectivity index (χ3v) is 5.51. The molecule has 0 radical (unpaired) electrons. The van der Waals surface area contributed by atoms with E-state index in [1.54, 1.807) is 24.1 Å². The molecule has 2 aromatic carbocycles. The lowest BCUT2D eigenvalue weighted by molar-refractivity contribution is -0.129. The maximum Gasteiger partial charge on any atom is 0.274 e. The van der Waals surface area contributed by atoms with Gasteiger partial charge in [-0.05, 0) is 49.2 Å². The molecule has 6 nitrogen and oxygen atoms in total. The van der Waals surface area contributed by atoms with Gasteiger partial charge in [0, 0.05) is 35.9 Å². The Morgan fingerprint density at radius 3 is 2.70 bits per heavy atom. The van der Waals surface area contributed by atoms with Crippen LogP contribution < -0.4 is 0 Å². The highest BCUT2D eigenvalue weighted by Gasteiger charge is 2.17. The molecule has 1 N–H and O–H groups in total. The van der Waals surface area contributed by atoms with E-state index in [0.29, 0.717) is 36.1 Å². The molecule has 0 aliphatic rings. The summed E-state index contributed by atoms with van der Waals surface area (Å²) in [6, 6.07) is 13.6. The first-order chi connectivity index (χ1) is 14.4. The summed E-state index contributed by atoms with van der Waals surface area (Å²) in [7, 11) is 1.78. The van der Waals surface area contributed by atoms with Crippen molar-refractivity contribution in [2.75, 3.05) is 13.6 Å². The van der Waals surface area contributed by atoms with Gasteiger partial charge >= 0.3 is 0 Å². The van der Waals surface area contributed by atoms with Crippen LogP contribution in [0.15, 0.2) is 47.0 Å². The number of likely N-dealkylation sites (N-methyl/N-ethyl adjacent to an activating group) is 1. The summed E-state index contributed by atoms with van der Waals surface area (Å²) in [4.78, 5) is 22.0. The van der Waals surface area contributed by atoms with E-state index in [0.717, 1.165) is 27.7 Å². The molecule has 1 amide bonds. The molecule has 2 aromatic heterocycles. The second kappa shape index (κ2) is 8.32. The minimum absolute atomic E-state index is 0.0304. The number of halogens is 1. The van der Waals surface area contributed by atoms with Crippen molar-refractivity contribution in [2.45, 2.75) is 26.7 Å². The van der Waals surface area contributed by atoms with Crippen LogP contribution in [-0.4, -0.2) is 39.5 Å². The first-order valence-electron chi connectivity index (χ1n) is 9.81. The minimum Gasteiger partial charge on any atom is -0.350 e. The lowest BCUT2D eigenvalue weighted by Gasteiger charge is -2.16. The van der Waals surface area contributed by atoms with Gasteiger partial charge < -0.3 is 14.4 Å². The summed E-state index contributed by atoms with van der Waals surface area (Å²) in [5.41, 5.74) is 5.09. The Kier molecular flexibility index (Phi) is 5.59. The van der Waals surface area contributed by atoms with Gasteiger partial charge in [-0.3, -0.25) is 4.79 Å². The molecule has 4 rings (SSSR count). The third kappa shape index (κ3) is 4.24. The number of aryl methyl sites for hydroxylation is 2. The normalized spacial score (nSPS) is 11.2. The van der Waals surface area contributed by atoms with Crippen LogP contribution in [-0.2, 0) is 17.6 Å². The number of benzene rings is 2. The molecule has 0 saturated heterocycles. The van der Waals surface area contributed by atoms with E-state index in [1.165, 1.54) is 5.56 Å². The predicted octanol–water partition coefficient (Wildman–Crippen LogP) is 4.73. The van der Waals surface area contributed by atoms with Gasteiger partial charge in [-0.2, -0.15) is 4.98 Å². The molecule has 154 valence electrons. The van der Waals surface area contributed by atoms with Crippen molar-refractivity contribution in [3.8, 4) is 11.6 Å². The highest BCUT2D eigenvalue weighted by atomic mass is 35.5. The molecule has 4 aromatic rings. The van der Waals surface area contributed by atoms with E-state index in [-0.39, 0.29) is 5.91 Å². The maximum absolute atomic E-state index is 12.4. The van der Waals surface area contributed by atoms with E-state index in [4.69, 9.17) is 16.1 Å². The van der Waals surface area contributed by atoms with Gasteiger partial charge in [0.1, 0.15) is 5.69 Å². The smallest absolute Gasteiger partial charge is 0.274 e. The molecule has 0 saturated carbocycles. The number of nitrogens with one attached hydrogen (secondary N) is 1. The Labute approximate surface area is 179 Å². The number of fused-ring (bicyclic) bond motifs is 1. The number of carbonyl (C=O) groups excluding carboxylic acids is 1. The summed E-state index contributed by atoms with van der Waals surface area (Å²) in [5.74, 6) is 1.07. The maximum atomic E-state index is 12.4. The van der Waals surface area contributed by atoms with Crippen LogP contribution in [0.3, 0.4) is 0 Å². The Bertz CT molecular complexity index is 1190. The van der Waals surface area contributed by atoms with Crippen molar-refractivity contribution < 1.29 is 9.32 Å². The molecule has 0 spiro atoms. The number of aromatic amines is 1. The summed E-state index contributed by atoms with van der Waals surface area (Å²) in [6.07, 6.45) is 0.851. The fraction of sp³-hybridized carbons (Fsp3) is 0.261. The third-order valence-electron chi connectivity index (χ3n) is 5.26. The van der Waals surface area contributed by atoms with Gasteiger partial charge in [-0.15, -0.1) is 0 Å². The first kappa shape index (κ1) is 20.2. The average molecular weight is 423 g/mol. The summed E-state index contributed by atoms with van der Waals surface area (Å²) in [6.45, 7) is 4.62. The van der Waals surface area contributed by atoms with Gasteiger partial charge in [0.15, 0.2) is 5.82 Å². The van der Waals surface area contributed by atoms with Crippen molar-refractivity contribution in [2.24, 2.45) is 0 Å². The molecule has 0 atom stereocenters. The molecule has 30 heavy (non-hydrogen) atoms. The molecular formula is C23H23ClN4O2. The van der Waals surface area contributed by atoms with E-state index in [2.05, 4.69) is 40.2 Å². The van der Waals surface area contributed by atoms with Gasteiger partial charge in [-0.25, -0.2) is 0 Å². The molecule has 0 unspecified atom stereocenters. The number of hydrogen-bond donors (Lipinski definition) is 1. The van der Waals surface area contributed by atoms with Crippen molar-refractivity contribution in [1.82, 2.24) is 20.0 Å². The lowest BCUT2D eigenvalue weighted by Crippen LogP contribution is -2.30. The summed E-state index contributed by atoms with van der Waals surface area (Å²) < 4.78 is 5.48. The van der Waals surface area contributed by atoms with E-state index < -0.39 is 0 Å². The number of nitrogens with zero attached hydrogens (tertiary/aromatic N) is 3. The van der Waals surface area contributed by atoms with Crippen LogP contribution >= 0.6 is 11.6 Å². The van der Waals surface area contributed by atoms with Crippen LogP contribution in [0.2, 0.25) is 5.02 Å². The van der Waals surface area contributed by atoms with Crippen LogP contribution in [0.5, 0.6) is 0 Å². The molecule has 0 aliphatic heterocycles. The lowest BCUT2D eigenvalue weighted by atomic mass is 10.1. The van der Waals surface area contributed by atoms with Crippen LogP contribution in [0.1, 0.15) is 22.5 Å². The van der Waals surface area contributed by atoms with Crippen LogP contribution in [0, 0.1) is 13.8 Å². The Morgan fingerprint density at radius 2 is 1.93 bits per heavy atom. The van der Waals surface area contributed by atoms with Gasteiger partial charge in [0.05, 0.1) is 6.42 Å². The van der Waals surface area contributed by atoms with Crippen molar-refractivity contribution in [1.29, 1.82) is 0 Å². The highest BCUT2D eigenvalue weighted by molar-refractivity contribution is 6.30. The molecule has 7 heteroatoms. The standard InChI is InChI=1S/C23H23ClN4O2/c1-14-4-9-19-18(12-14)15(2)22(25-19)23-26-20(27-30-23)10-11-28(3)21(29)13-16-5-7-17(24)8-6-16/h4-9,12,25H,10-11,13H2,1-3H3. The minimum atomic E-state index is 0.0304. The van der Waals surface area contributed by atoms with Gasteiger partial charge in [0.25, 0.3) is 5.89 Å². The number of hydrogen-bond acceptors (Lipinski definition) is 4. The molecule has 0 aliphatic carbocycles. The second-order valence-electron chi connectivity index (χ2n) is 7.56. The zero-order chi connectivity index (χ0) is 21.3. The summed E-state index contributed by atoms with van der Waals surface area (Å²) >= 11 is 5.89. The van der Waals surface area contributed by atoms with Crippen LogP contribution in [0.25, 0.3) is 22.5 Å². The van der Waals surface area contributed by atoms with E-state index in [9.17, 15) is 4.79 Å². The first-order valence-corrected chi connectivity index (χ1v) is 10.2. The number of carbonyl (C=O) groups is 1. The molecular weight excluding hydrogens is 400 g/mol. The van der Waals surface area contributed by atoms with E-state index in [1.807, 2.05) is 19.1 Å². The average Bonchev–Trinajstić information content (AvgIpc) is 3.32. The monoisotopic (exact) mass is 422 g/mol. The fourth-order valence-electron chi connectivity index (χ4n) is 3.42. The largest absolute Gasteiger partial charge is 0.350 e. The predicted molar refractivity (Wildman–Crippen MR) is 118 cm³/mol. The highest BCUT2D eigenvalue weighted by Crippen LogP contribution is 2.29. The number of H-pyrrole nitrogens is 1. The zero-order valence-corrected chi connectivity index (χ0v) is 18.0.